The van der Waals surface area contributed by atoms with Gasteiger partial charge >= 0.3 is 0 Å². The van der Waals surface area contributed by atoms with Crippen molar-refractivity contribution < 1.29 is 0 Å². The van der Waals surface area contributed by atoms with Crippen molar-refractivity contribution in [1.29, 1.82) is 0 Å². The largest absolute Gasteiger partial charge is 0.356 e. The van der Waals surface area contributed by atoms with E-state index in [1.807, 2.05) is 7.05 Å². The number of halogens is 1. The molecule has 2 N–H and O–H groups in total. The summed E-state index contributed by atoms with van der Waals surface area (Å²) in [7, 11) is 1.85. The molecule has 1 aliphatic rings. The van der Waals surface area contributed by atoms with E-state index in [0.29, 0.717) is 0 Å². The molecule has 1 unspecified atom stereocenters. The van der Waals surface area contributed by atoms with Gasteiger partial charge in [0.15, 0.2) is 5.96 Å². The molecule has 0 saturated carbocycles. The van der Waals surface area contributed by atoms with Crippen LogP contribution in [0.3, 0.4) is 0 Å². The van der Waals surface area contributed by atoms with Crippen LogP contribution in [0.1, 0.15) is 50.3 Å². The minimum atomic E-state index is 0. The van der Waals surface area contributed by atoms with Crippen molar-refractivity contribution in [3.63, 3.8) is 0 Å². The molecule has 0 amide bonds. The van der Waals surface area contributed by atoms with Gasteiger partial charge in [0.25, 0.3) is 0 Å². The summed E-state index contributed by atoms with van der Waals surface area (Å²) >= 11 is 0. The maximum atomic E-state index is 4.38. The van der Waals surface area contributed by atoms with Gasteiger partial charge in [-0.25, -0.2) is 0 Å². The highest BCUT2D eigenvalue weighted by Crippen LogP contribution is 2.20. The number of piperidine rings is 1. The second-order valence-corrected chi connectivity index (χ2v) is 6.89. The molecule has 1 fully saturated rings. The molecular weight excluding hydrogens is 423 g/mol. The first-order valence-corrected chi connectivity index (χ1v) is 9.39. The lowest BCUT2D eigenvalue weighted by molar-refractivity contribution is 0.187. The smallest absolute Gasteiger partial charge is 0.191 e. The second-order valence-electron chi connectivity index (χ2n) is 6.89. The van der Waals surface area contributed by atoms with Gasteiger partial charge in [0.2, 0.25) is 0 Å². The first-order valence-electron chi connectivity index (χ1n) is 9.39. The molecule has 2 rings (SSSR count). The molecule has 1 aromatic rings. The van der Waals surface area contributed by atoms with Crippen molar-refractivity contribution in [3.8, 4) is 0 Å². The van der Waals surface area contributed by atoms with Crippen LogP contribution in [-0.4, -0.2) is 44.1 Å². The number of aryl methyl sites for hydroxylation is 1. The molecule has 1 atom stereocenters. The van der Waals surface area contributed by atoms with Crippen LogP contribution in [0.15, 0.2) is 29.3 Å². The fourth-order valence-electron chi connectivity index (χ4n) is 3.54. The minimum absolute atomic E-state index is 0. The summed E-state index contributed by atoms with van der Waals surface area (Å²) in [5.41, 5.74) is 2.64. The molecule has 4 nitrogen and oxygen atoms in total. The molecule has 142 valence electrons. The molecule has 1 saturated heterocycles. The first kappa shape index (κ1) is 22.2. The van der Waals surface area contributed by atoms with E-state index in [9.17, 15) is 0 Å². The summed E-state index contributed by atoms with van der Waals surface area (Å²) in [6, 6.07) is 8.78. The number of nitrogens with one attached hydrogen (secondary N) is 2. The van der Waals surface area contributed by atoms with Crippen molar-refractivity contribution in [3.05, 3.63) is 35.4 Å². The van der Waals surface area contributed by atoms with Gasteiger partial charge in [-0.2, -0.15) is 0 Å². The third-order valence-corrected chi connectivity index (χ3v) is 5.23. The van der Waals surface area contributed by atoms with Gasteiger partial charge in [0, 0.05) is 13.6 Å². The van der Waals surface area contributed by atoms with Gasteiger partial charge in [-0.15, -0.1) is 24.0 Å². The zero-order valence-electron chi connectivity index (χ0n) is 16.2. The van der Waals surface area contributed by atoms with Crippen LogP contribution < -0.4 is 10.6 Å². The van der Waals surface area contributed by atoms with Gasteiger partial charge in [-0.05, 0) is 69.8 Å². The molecule has 0 radical (unpaired) electrons. The lowest BCUT2D eigenvalue weighted by atomic mass is 9.93. The first-order chi connectivity index (χ1) is 11.6. The van der Waals surface area contributed by atoms with Crippen molar-refractivity contribution in [1.82, 2.24) is 15.5 Å². The number of benzene rings is 1. The van der Waals surface area contributed by atoms with Gasteiger partial charge in [-0.3, -0.25) is 4.99 Å². The zero-order valence-corrected chi connectivity index (χ0v) is 18.5. The van der Waals surface area contributed by atoms with Gasteiger partial charge in [0.1, 0.15) is 0 Å². The summed E-state index contributed by atoms with van der Waals surface area (Å²) in [5, 5.41) is 7.00. The highest BCUT2D eigenvalue weighted by Gasteiger charge is 2.17. The van der Waals surface area contributed by atoms with Crippen LogP contribution in [0.5, 0.6) is 0 Å². The average Bonchev–Trinajstić information content (AvgIpc) is 2.61. The predicted octanol–water partition coefficient (Wildman–Crippen LogP) is 3.96. The number of nitrogens with zero attached hydrogens (tertiary/aromatic N) is 2. The molecule has 0 bridgehead atoms. The molecule has 0 spiro atoms. The molecule has 25 heavy (non-hydrogen) atoms. The summed E-state index contributed by atoms with van der Waals surface area (Å²) in [5.74, 6) is 1.75. The lowest BCUT2D eigenvalue weighted by Gasteiger charge is -2.31. The van der Waals surface area contributed by atoms with E-state index in [-0.39, 0.29) is 30.0 Å². The zero-order chi connectivity index (χ0) is 17.4. The molecule has 1 aromatic carbocycles. The SMILES string of the molecule is CCN1CCC(CCNC(=NC)NC(C)c2ccccc2C)CC1.I. The van der Waals surface area contributed by atoms with E-state index in [0.717, 1.165) is 18.4 Å². The average molecular weight is 458 g/mol. The molecule has 5 heteroatoms. The summed E-state index contributed by atoms with van der Waals surface area (Å²) in [4.78, 5) is 6.93. The third kappa shape index (κ3) is 7.13. The Morgan fingerprint density at radius 2 is 1.96 bits per heavy atom. The number of hydrogen-bond donors (Lipinski definition) is 2. The topological polar surface area (TPSA) is 39.7 Å². The Labute approximate surface area is 170 Å². The number of hydrogen-bond acceptors (Lipinski definition) is 2. The summed E-state index contributed by atoms with van der Waals surface area (Å²) < 4.78 is 0. The standard InChI is InChI=1S/C20H34N4.HI/c1-5-24-14-11-18(12-15-24)10-13-22-20(21-4)23-17(3)19-9-7-6-8-16(19)2;/h6-9,17-18H,5,10-15H2,1-4H3,(H2,21,22,23);1H. The van der Waals surface area contributed by atoms with Crippen molar-refractivity contribution >= 4 is 29.9 Å². The molecular formula is C20H35IN4. The number of likely N-dealkylation sites (tertiary alicyclic amines) is 1. The maximum absolute atomic E-state index is 4.38. The van der Waals surface area contributed by atoms with Crippen LogP contribution in [-0.2, 0) is 0 Å². The van der Waals surface area contributed by atoms with Gasteiger partial charge in [-0.1, -0.05) is 31.2 Å². The Kier molecular flexibility index (Phi) is 10.4. The number of rotatable bonds is 6. The van der Waals surface area contributed by atoms with Crippen LogP contribution in [0, 0.1) is 12.8 Å². The van der Waals surface area contributed by atoms with Crippen LogP contribution in [0.2, 0.25) is 0 Å². The predicted molar refractivity (Wildman–Crippen MR) is 119 cm³/mol. The second kappa shape index (κ2) is 11.7. The van der Waals surface area contributed by atoms with E-state index in [1.54, 1.807) is 0 Å². The lowest BCUT2D eigenvalue weighted by Crippen LogP contribution is -2.40. The number of aliphatic imine (C=N–C) groups is 1. The fourth-order valence-corrected chi connectivity index (χ4v) is 3.54. The molecule has 1 aliphatic heterocycles. The normalized spacial score (nSPS) is 17.7. The number of guanidine groups is 1. The van der Waals surface area contributed by atoms with E-state index in [2.05, 4.69) is 65.6 Å². The van der Waals surface area contributed by atoms with Crippen LogP contribution in [0.25, 0.3) is 0 Å². The monoisotopic (exact) mass is 458 g/mol. The van der Waals surface area contributed by atoms with Gasteiger partial charge in [0.05, 0.1) is 6.04 Å². The maximum Gasteiger partial charge on any atom is 0.191 e. The Bertz CT molecular complexity index is 524. The quantitative estimate of drug-likeness (QED) is 0.385. The van der Waals surface area contributed by atoms with Gasteiger partial charge < -0.3 is 15.5 Å². The van der Waals surface area contributed by atoms with E-state index in [1.165, 1.54) is 50.0 Å². The highest BCUT2D eigenvalue weighted by molar-refractivity contribution is 14.0. The molecule has 1 heterocycles. The van der Waals surface area contributed by atoms with E-state index < -0.39 is 0 Å². The fraction of sp³-hybridized carbons (Fsp3) is 0.650. The van der Waals surface area contributed by atoms with Crippen molar-refractivity contribution in [2.45, 2.75) is 46.1 Å². The Morgan fingerprint density at radius 1 is 1.28 bits per heavy atom. The molecule has 0 aliphatic carbocycles. The third-order valence-electron chi connectivity index (χ3n) is 5.23. The Morgan fingerprint density at radius 3 is 2.56 bits per heavy atom. The van der Waals surface area contributed by atoms with Crippen LogP contribution >= 0.6 is 24.0 Å². The van der Waals surface area contributed by atoms with E-state index >= 15 is 0 Å². The highest BCUT2D eigenvalue weighted by atomic mass is 127. The molecule has 0 aromatic heterocycles. The van der Waals surface area contributed by atoms with E-state index in [4.69, 9.17) is 0 Å². The summed E-state index contributed by atoms with van der Waals surface area (Å²) in [6.07, 6.45) is 3.90. The Hall–Kier alpha value is -0.820. The van der Waals surface area contributed by atoms with Crippen LogP contribution in [0.4, 0.5) is 0 Å². The van der Waals surface area contributed by atoms with Crippen molar-refractivity contribution in [2.75, 3.05) is 33.2 Å². The summed E-state index contributed by atoms with van der Waals surface area (Å²) in [6.45, 7) is 11.3. The minimum Gasteiger partial charge on any atom is -0.356 e. The Balaban J connectivity index is 0.00000312. The van der Waals surface area contributed by atoms with Crippen molar-refractivity contribution in [2.24, 2.45) is 10.9 Å².